The SMILES string of the molecule is COc1ccc2ccccc2c1CNCCNC(N)=O. The van der Waals surface area contributed by atoms with Crippen LogP contribution in [0.3, 0.4) is 0 Å². The second-order valence-corrected chi connectivity index (χ2v) is 4.44. The first kappa shape index (κ1) is 14.1. The van der Waals surface area contributed by atoms with Gasteiger partial charge in [0, 0.05) is 25.2 Å². The Hall–Kier alpha value is -2.27. The zero-order valence-corrected chi connectivity index (χ0v) is 11.5. The normalized spacial score (nSPS) is 10.4. The molecule has 106 valence electrons. The van der Waals surface area contributed by atoms with Crippen LogP contribution in [0.1, 0.15) is 5.56 Å². The number of nitrogens with two attached hydrogens (primary N) is 1. The Morgan fingerprint density at radius 2 is 2.00 bits per heavy atom. The Labute approximate surface area is 118 Å². The molecule has 0 saturated heterocycles. The molecule has 0 heterocycles. The number of carbonyl (C=O) groups is 1. The molecule has 0 aliphatic heterocycles. The van der Waals surface area contributed by atoms with Crippen LogP contribution in [0.25, 0.3) is 10.8 Å². The van der Waals surface area contributed by atoms with E-state index in [2.05, 4.69) is 22.8 Å². The molecule has 2 rings (SSSR count). The minimum atomic E-state index is -0.505. The third kappa shape index (κ3) is 3.39. The van der Waals surface area contributed by atoms with Gasteiger partial charge in [-0.05, 0) is 16.8 Å². The van der Waals surface area contributed by atoms with Crippen LogP contribution >= 0.6 is 0 Å². The highest BCUT2D eigenvalue weighted by atomic mass is 16.5. The molecule has 0 bridgehead atoms. The van der Waals surface area contributed by atoms with Gasteiger partial charge in [0.05, 0.1) is 7.11 Å². The predicted molar refractivity (Wildman–Crippen MR) is 79.8 cm³/mol. The number of fused-ring (bicyclic) bond motifs is 1. The number of carbonyl (C=O) groups excluding carboxylic acids is 1. The largest absolute Gasteiger partial charge is 0.496 e. The van der Waals surface area contributed by atoms with Gasteiger partial charge in [-0.2, -0.15) is 0 Å². The smallest absolute Gasteiger partial charge is 0.312 e. The topological polar surface area (TPSA) is 76.4 Å². The van der Waals surface area contributed by atoms with E-state index in [1.807, 2.05) is 24.3 Å². The summed E-state index contributed by atoms with van der Waals surface area (Å²) in [6.45, 7) is 1.82. The van der Waals surface area contributed by atoms with Crippen molar-refractivity contribution in [3.8, 4) is 5.75 Å². The number of amides is 2. The third-order valence-corrected chi connectivity index (χ3v) is 3.12. The molecule has 2 amide bonds. The van der Waals surface area contributed by atoms with E-state index < -0.39 is 6.03 Å². The average molecular weight is 273 g/mol. The van der Waals surface area contributed by atoms with Crippen molar-refractivity contribution in [1.82, 2.24) is 10.6 Å². The molecule has 5 heteroatoms. The van der Waals surface area contributed by atoms with Crippen molar-refractivity contribution in [1.29, 1.82) is 0 Å². The molecular formula is C15H19N3O2. The molecule has 0 aliphatic carbocycles. The standard InChI is InChI=1S/C15H19N3O2/c1-20-14-7-6-11-4-2-3-5-12(11)13(14)10-17-8-9-18-15(16)19/h2-7,17H,8-10H2,1H3,(H3,16,18,19). The molecule has 0 unspecified atom stereocenters. The summed E-state index contributed by atoms with van der Waals surface area (Å²) < 4.78 is 5.42. The van der Waals surface area contributed by atoms with Gasteiger partial charge in [-0.25, -0.2) is 4.79 Å². The molecule has 20 heavy (non-hydrogen) atoms. The van der Waals surface area contributed by atoms with E-state index in [4.69, 9.17) is 10.5 Å². The maximum atomic E-state index is 10.6. The summed E-state index contributed by atoms with van der Waals surface area (Å²) in [6.07, 6.45) is 0. The van der Waals surface area contributed by atoms with Crippen molar-refractivity contribution in [3.63, 3.8) is 0 Å². The van der Waals surface area contributed by atoms with E-state index in [0.29, 0.717) is 19.6 Å². The van der Waals surface area contributed by atoms with E-state index in [1.165, 1.54) is 10.8 Å². The van der Waals surface area contributed by atoms with Crippen molar-refractivity contribution in [2.45, 2.75) is 6.54 Å². The first-order chi connectivity index (χ1) is 9.72. The number of urea groups is 1. The Morgan fingerprint density at radius 3 is 2.75 bits per heavy atom. The van der Waals surface area contributed by atoms with Crippen LogP contribution in [-0.2, 0) is 6.54 Å². The van der Waals surface area contributed by atoms with Gasteiger partial charge >= 0.3 is 6.03 Å². The Kier molecular flexibility index (Phi) is 4.79. The van der Waals surface area contributed by atoms with Gasteiger partial charge in [-0.3, -0.25) is 0 Å². The summed E-state index contributed by atoms with van der Waals surface area (Å²) in [5.74, 6) is 0.860. The Bertz CT molecular complexity index is 599. The molecule has 0 spiro atoms. The van der Waals surface area contributed by atoms with E-state index in [9.17, 15) is 4.79 Å². The highest BCUT2D eigenvalue weighted by molar-refractivity contribution is 5.87. The number of nitrogens with one attached hydrogen (secondary N) is 2. The summed E-state index contributed by atoms with van der Waals surface area (Å²) in [7, 11) is 1.67. The van der Waals surface area contributed by atoms with Gasteiger partial charge < -0.3 is 21.1 Å². The summed E-state index contributed by atoms with van der Waals surface area (Å²) >= 11 is 0. The lowest BCUT2D eigenvalue weighted by Gasteiger charge is -2.13. The predicted octanol–water partition coefficient (Wildman–Crippen LogP) is 1.61. The van der Waals surface area contributed by atoms with Gasteiger partial charge in [0.25, 0.3) is 0 Å². The van der Waals surface area contributed by atoms with Crippen LogP contribution in [0.4, 0.5) is 4.79 Å². The quantitative estimate of drug-likeness (QED) is 0.700. The van der Waals surface area contributed by atoms with E-state index >= 15 is 0 Å². The van der Waals surface area contributed by atoms with Crippen molar-refractivity contribution >= 4 is 16.8 Å². The van der Waals surface area contributed by atoms with E-state index in [1.54, 1.807) is 7.11 Å². The summed E-state index contributed by atoms with van der Waals surface area (Å²) in [5.41, 5.74) is 6.12. The first-order valence-electron chi connectivity index (χ1n) is 6.51. The van der Waals surface area contributed by atoms with Crippen molar-refractivity contribution < 1.29 is 9.53 Å². The van der Waals surface area contributed by atoms with Crippen LogP contribution in [0, 0.1) is 0 Å². The summed E-state index contributed by atoms with van der Waals surface area (Å²) in [6, 6.07) is 11.7. The number of methoxy groups -OCH3 is 1. The molecule has 0 radical (unpaired) electrons. The van der Waals surface area contributed by atoms with Gasteiger partial charge in [0.2, 0.25) is 0 Å². The second-order valence-electron chi connectivity index (χ2n) is 4.44. The number of ether oxygens (including phenoxy) is 1. The van der Waals surface area contributed by atoms with Gasteiger partial charge in [0.1, 0.15) is 5.75 Å². The summed E-state index contributed by atoms with van der Waals surface area (Å²) in [4.78, 5) is 10.6. The maximum Gasteiger partial charge on any atom is 0.312 e. The molecule has 5 nitrogen and oxygen atoms in total. The molecule has 2 aromatic carbocycles. The Morgan fingerprint density at radius 1 is 1.20 bits per heavy atom. The minimum Gasteiger partial charge on any atom is -0.496 e. The molecule has 0 saturated carbocycles. The fourth-order valence-corrected chi connectivity index (χ4v) is 2.18. The highest BCUT2D eigenvalue weighted by Crippen LogP contribution is 2.27. The van der Waals surface area contributed by atoms with Crippen LogP contribution in [0.15, 0.2) is 36.4 Å². The number of primary amides is 1. The van der Waals surface area contributed by atoms with E-state index in [0.717, 1.165) is 11.3 Å². The zero-order chi connectivity index (χ0) is 14.4. The fourth-order valence-electron chi connectivity index (χ4n) is 2.18. The molecule has 0 aromatic heterocycles. The van der Waals surface area contributed by atoms with Gasteiger partial charge in [-0.1, -0.05) is 30.3 Å². The van der Waals surface area contributed by atoms with Gasteiger partial charge in [0.15, 0.2) is 0 Å². The third-order valence-electron chi connectivity index (χ3n) is 3.12. The van der Waals surface area contributed by atoms with Crippen LogP contribution in [-0.4, -0.2) is 26.2 Å². The highest BCUT2D eigenvalue weighted by Gasteiger charge is 2.07. The van der Waals surface area contributed by atoms with Crippen LogP contribution in [0.2, 0.25) is 0 Å². The van der Waals surface area contributed by atoms with Crippen LogP contribution in [0.5, 0.6) is 5.75 Å². The number of rotatable bonds is 6. The minimum absolute atomic E-state index is 0.502. The number of hydrogen-bond acceptors (Lipinski definition) is 3. The van der Waals surface area contributed by atoms with Crippen molar-refractivity contribution in [3.05, 3.63) is 42.0 Å². The van der Waals surface area contributed by atoms with Crippen molar-refractivity contribution in [2.75, 3.05) is 20.2 Å². The molecule has 4 N–H and O–H groups in total. The molecule has 0 fully saturated rings. The number of hydrogen-bond donors (Lipinski definition) is 3. The van der Waals surface area contributed by atoms with Gasteiger partial charge in [-0.15, -0.1) is 0 Å². The first-order valence-corrected chi connectivity index (χ1v) is 6.51. The van der Waals surface area contributed by atoms with Crippen molar-refractivity contribution in [2.24, 2.45) is 5.73 Å². The van der Waals surface area contributed by atoms with E-state index in [-0.39, 0.29) is 0 Å². The molecule has 2 aromatic rings. The average Bonchev–Trinajstić information content (AvgIpc) is 2.46. The molecular weight excluding hydrogens is 254 g/mol. The fraction of sp³-hybridized carbons (Fsp3) is 0.267. The number of benzene rings is 2. The monoisotopic (exact) mass is 273 g/mol. The Balaban J connectivity index is 2.09. The maximum absolute atomic E-state index is 10.6. The second kappa shape index (κ2) is 6.77. The lowest BCUT2D eigenvalue weighted by molar-refractivity contribution is 0.249. The lowest BCUT2D eigenvalue weighted by Crippen LogP contribution is -2.35. The zero-order valence-electron chi connectivity index (χ0n) is 11.5. The molecule has 0 aliphatic rings. The lowest BCUT2D eigenvalue weighted by atomic mass is 10.0. The molecule has 0 atom stereocenters. The van der Waals surface area contributed by atoms with Crippen LogP contribution < -0.4 is 21.1 Å². The summed E-state index contributed by atoms with van der Waals surface area (Å²) in [5, 5.41) is 8.17.